The Hall–Kier alpha value is -1.35. The van der Waals surface area contributed by atoms with Crippen molar-refractivity contribution in [3.05, 3.63) is 39.4 Å². The SMILES string of the molecule is O=c1c2ccc(Cl)cc2nc2n1CCC2. The monoisotopic (exact) mass is 220 g/mol. The molecule has 3 rings (SSSR count). The molecule has 0 bridgehead atoms. The molecule has 1 aliphatic heterocycles. The molecule has 0 aliphatic carbocycles. The molecule has 0 unspecified atom stereocenters. The van der Waals surface area contributed by atoms with E-state index in [-0.39, 0.29) is 5.56 Å². The second kappa shape index (κ2) is 3.07. The predicted molar refractivity (Wildman–Crippen MR) is 59.3 cm³/mol. The van der Waals surface area contributed by atoms with E-state index < -0.39 is 0 Å². The van der Waals surface area contributed by atoms with Gasteiger partial charge in [-0.1, -0.05) is 11.6 Å². The minimum Gasteiger partial charge on any atom is -0.296 e. The second-order valence-corrected chi connectivity index (χ2v) is 4.19. The Kier molecular flexibility index (Phi) is 1.83. The van der Waals surface area contributed by atoms with Crippen LogP contribution in [0.3, 0.4) is 0 Å². The van der Waals surface area contributed by atoms with E-state index in [1.807, 2.05) is 0 Å². The first-order valence-corrected chi connectivity index (χ1v) is 5.32. The van der Waals surface area contributed by atoms with E-state index in [9.17, 15) is 4.79 Å². The van der Waals surface area contributed by atoms with E-state index in [4.69, 9.17) is 11.6 Å². The summed E-state index contributed by atoms with van der Waals surface area (Å²) in [6, 6.07) is 5.23. The van der Waals surface area contributed by atoms with Gasteiger partial charge in [0, 0.05) is 18.0 Å². The maximum absolute atomic E-state index is 12.0. The van der Waals surface area contributed by atoms with Gasteiger partial charge in [-0.3, -0.25) is 9.36 Å². The molecule has 4 heteroatoms. The van der Waals surface area contributed by atoms with Gasteiger partial charge in [0.1, 0.15) is 5.82 Å². The minimum absolute atomic E-state index is 0.0594. The first-order valence-electron chi connectivity index (χ1n) is 4.95. The van der Waals surface area contributed by atoms with Gasteiger partial charge in [0.05, 0.1) is 10.9 Å². The zero-order chi connectivity index (χ0) is 10.4. The summed E-state index contributed by atoms with van der Waals surface area (Å²) in [5.41, 5.74) is 0.768. The number of nitrogens with zero attached hydrogens (tertiary/aromatic N) is 2. The van der Waals surface area contributed by atoms with Crippen LogP contribution < -0.4 is 5.56 Å². The second-order valence-electron chi connectivity index (χ2n) is 3.75. The van der Waals surface area contributed by atoms with Crippen molar-refractivity contribution in [1.29, 1.82) is 0 Å². The van der Waals surface area contributed by atoms with Crippen LogP contribution in [0.1, 0.15) is 12.2 Å². The highest BCUT2D eigenvalue weighted by Crippen LogP contribution is 2.18. The summed E-state index contributed by atoms with van der Waals surface area (Å²) in [5.74, 6) is 0.884. The van der Waals surface area contributed by atoms with E-state index in [2.05, 4.69) is 4.98 Å². The summed E-state index contributed by atoms with van der Waals surface area (Å²) in [6.07, 6.45) is 1.89. The molecule has 0 N–H and O–H groups in total. The van der Waals surface area contributed by atoms with Gasteiger partial charge >= 0.3 is 0 Å². The van der Waals surface area contributed by atoms with Crippen molar-refractivity contribution in [3.8, 4) is 0 Å². The normalized spacial score (nSPS) is 14.5. The molecule has 0 atom stereocenters. The number of hydrogen-bond acceptors (Lipinski definition) is 2. The average molecular weight is 221 g/mol. The molecule has 0 spiro atoms. The fourth-order valence-electron chi connectivity index (χ4n) is 2.06. The topological polar surface area (TPSA) is 34.9 Å². The first-order chi connectivity index (χ1) is 7.25. The van der Waals surface area contributed by atoms with Gasteiger partial charge in [0.25, 0.3) is 5.56 Å². The van der Waals surface area contributed by atoms with Crippen molar-refractivity contribution >= 4 is 22.5 Å². The Morgan fingerprint density at radius 2 is 2.27 bits per heavy atom. The third-order valence-electron chi connectivity index (χ3n) is 2.78. The first kappa shape index (κ1) is 8.92. The number of hydrogen-bond donors (Lipinski definition) is 0. The average Bonchev–Trinajstić information content (AvgIpc) is 2.65. The Bertz CT molecular complexity index is 603. The highest BCUT2D eigenvalue weighted by Gasteiger charge is 2.15. The lowest BCUT2D eigenvalue weighted by atomic mass is 10.2. The summed E-state index contributed by atoms with van der Waals surface area (Å²) < 4.78 is 1.76. The van der Waals surface area contributed by atoms with Crippen LogP contribution in [0.15, 0.2) is 23.0 Å². The summed E-state index contributed by atoms with van der Waals surface area (Å²) in [6.45, 7) is 0.791. The third kappa shape index (κ3) is 1.27. The Morgan fingerprint density at radius 1 is 1.40 bits per heavy atom. The van der Waals surface area contributed by atoms with Gasteiger partial charge in [0.15, 0.2) is 0 Å². The van der Waals surface area contributed by atoms with Crippen LogP contribution in [0.25, 0.3) is 10.9 Å². The summed E-state index contributed by atoms with van der Waals surface area (Å²) in [5, 5.41) is 1.28. The van der Waals surface area contributed by atoms with Gasteiger partial charge < -0.3 is 0 Å². The number of aryl methyl sites for hydroxylation is 1. The fraction of sp³-hybridized carbons (Fsp3) is 0.273. The smallest absolute Gasteiger partial charge is 0.261 e. The molecule has 1 aromatic heterocycles. The van der Waals surface area contributed by atoms with Crippen LogP contribution in [0.2, 0.25) is 5.02 Å². The van der Waals surface area contributed by atoms with Crippen LogP contribution in [0.5, 0.6) is 0 Å². The lowest BCUT2D eigenvalue weighted by Gasteiger charge is -2.04. The fourth-order valence-corrected chi connectivity index (χ4v) is 2.22. The van der Waals surface area contributed by atoms with Gasteiger partial charge in [-0.25, -0.2) is 4.98 Å². The molecule has 3 nitrogen and oxygen atoms in total. The Morgan fingerprint density at radius 3 is 3.13 bits per heavy atom. The molecule has 2 heterocycles. The van der Waals surface area contributed by atoms with Gasteiger partial charge in [-0.05, 0) is 24.6 Å². The highest BCUT2D eigenvalue weighted by molar-refractivity contribution is 6.31. The van der Waals surface area contributed by atoms with Crippen molar-refractivity contribution in [1.82, 2.24) is 9.55 Å². The molecule has 15 heavy (non-hydrogen) atoms. The quantitative estimate of drug-likeness (QED) is 0.681. The molecule has 0 saturated heterocycles. The molecule has 0 amide bonds. The molecule has 1 aromatic carbocycles. The van der Waals surface area contributed by atoms with E-state index in [0.29, 0.717) is 15.9 Å². The number of halogens is 1. The van der Waals surface area contributed by atoms with Crippen molar-refractivity contribution < 1.29 is 0 Å². The largest absolute Gasteiger partial charge is 0.296 e. The van der Waals surface area contributed by atoms with Crippen LogP contribution in [0, 0.1) is 0 Å². The maximum Gasteiger partial charge on any atom is 0.261 e. The number of aromatic nitrogens is 2. The standard InChI is InChI=1S/C11H9ClN2O/c12-7-3-4-8-9(6-7)13-10-2-1-5-14(10)11(8)15/h3-4,6H,1-2,5H2. The van der Waals surface area contributed by atoms with Crippen LogP contribution in [0.4, 0.5) is 0 Å². The predicted octanol–water partition coefficient (Wildman–Crippen LogP) is 2.00. The summed E-state index contributed by atoms with van der Waals surface area (Å²) in [4.78, 5) is 16.5. The molecule has 0 saturated carbocycles. The van der Waals surface area contributed by atoms with Crippen molar-refractivity contribution in [2.75, 3.05) is 0 Å². The van der Waals surface area contributed by atoms with Crippen LogP contribution in [-0.2, 0) is 13.0 Å². The molecular weight excluding hydrogens is 212 g/mol. The van der Waals surface area contributed by atoms with Gasteiger partial charge in [-0.15, -0.1) is 0 Å². The lowest BCUT2D eigenvalue weighted by molar-refractivity contribution is 0.719. The maximum atomic E-state index is 12.0. The molecular formula is C11H9ClN2O. The van der Waals surface area contributed by atoms with Gasteiger partial charge in [-0.2, -0.15) is 0 Å². The molecule has 2 aromatic rings. The summed E-state index contributed by atoms with van der Waals surface area (Å²) >= 11 is 5.87. The highest BCUT2D eigenvalue weighted by atomic mass is 35.5. The number of fused-ring (bicyclic) bond motifs is 2. The van der Waals surface area contributed by atoms with Crippen molar-refractivity contribution in [2.45, 2.75) is 19.4 Å². The van der Waals surface area contributed by atoms with Crippen molar-refractivity contribution in [2.24, 2.45) is 0 Å². The molecule has 0 fully saturated rings. The van der Waals surface area contributed by atoms with Crippen LogP contribution in [-0.4, -0.2) is 9.55 Å². The molecule has 76 valence electrons. The Balaban J connectivity index is 2.46. The zero-order valence-electron chi connectivity index (χ0n) is 8.03. The van der Waals surface area contributed by atoms with E-state index >= 15 is 0 Å². The zero-order valence-corrected chi connectivity index (χ0v) is 8.79. The third-order valence-corrected chi connectivity index (χ3v) is 3.01. The van der Waals surface area contributed by atoms with Crippen molar-refractivity contribution in [3.63, 3.8) is 0 Å². The number of benzene rings is 1. The van der Waals surface area contributed by atoms with E-state index in [1.165, 1.54) is 0 Å². The van der Waals surface area contributed by atoms with E-state index in [0.717, 1.165) is 25.2 Å². The number of rotatable bonds is 0. The van der Waals surface area contributed by atoms with E-state index in [1.54, 1.807) is 22.8 Å². The lowest BCUT2D eigenvalue weighted by Crippen LogP contribution is -2.20. The minimum atomic E-state index is 0.0594. The summed E-state index contributed by atoms with van der Waals surface area (Å²) in [7, 11) is 0. The Labute approximate surface area is 91.3 Å². The van der Waals surface area contributed by atoms with Gasteiger partial charge in [0.2, 0.25) is 0 Å². The van der Waals surface area contributed by atoms with Crippen LogP contribution >= 0.6 is 11.6 Å². The molecule has 0 radical (unpaired) electrons. The molecule has 1 aliphatic rings.